The molecule has 2 heterocycles. The van der Waals surface area contributed by atoms with Crippen LogP contribution in [0.1, 0.15) is 86.0 Å². The number of benzene rings is 3. The van der Waals surface area contributed by atoms with Crippen LogP contribution in [0.5, 0.6) is 0 Å². The second kappa shape index (κ2) is 21.6. The lowest BCUT2D eigenvalue weighted by Crippen LogP contribution is -2.62. The molecule has 0 spiro atoms. The van der Waals surface area contributed by atoms with Crippen molar-refractivity contribution in [1.82, 2.24) is 5.32 Å². The minimum absolute atomic E-state index is 0.00178. The van der Waals surface area contributed by atoms with E-state index in [-0.39, 0.29) is 43.3 Å². The fraction of sp³-hybridized carbons (Fsp3) is 0.442. The number of carboxylic acids is 1. The molecule has 5 rings (SSSR count). The van der Waals surface area contributed by atoms with Crippen molar-refractivity contribution in [2.75, 3.05) is 12.4 Å². The van der Waals surface area contributed by atoms with E-state index >= 15 is 0 Å². The van der Waals surface area contributed by atoms with Gasteiger partial charge < -0.3 is 48.7 Å². The lowest BCUT2D eigenvalue weighted by Gasteiger charge is -2.44. The number of carboxylic acid groups (broad SMARTS) is 1. The Morgan fingerprint density at radius 1 is 0.700 bits per heavy atom. The molecule has 3 N–H and O–H groups in total. The summed E-state index contributed by atoms with van der Waals surface area (Å²) >= 11 is 7.25. The molecule has 9 unspecified atom stereocenters. The molecule has 3 aromatic carbocycles. The van der Waals surface area contributed by atoms with Gasteiger partial charge in [-0.15, -0.1) is 11.8 Å². The molecule has 2 fully saturated rings. The van der Waals surface area contributed by atoms with Crippen molar-refractivity contribution in [3.63, 3.8) is 0 Å². The van der Waals surface area contributed by atoms with Crippen LogP contribution < -0.4 is 5.32 Å². The minimum atomic E-state index is -1.29. The zero-order valence-corrected chi connectivity index (χ0v) is 35.4. The smallest absolute Gasteiger partial charge is 0.335 e. The number of carbonyl (C=O) groups is 5. The number of carbonyl (C=O) groups excluding carboxylic acids is 4. The average molecular weight is 868 g/mol. The van der Waals surface area contributed by atoms with Crippen LogP contribution >= 0.6 is 24.0 Å². The van der Waals surface area contributed by atoms with Crippen molar-refractivity contribution in [2.45, 2.75) is 108 Å². The predicted molar refractivity (Wildman–Crippen MR) is 220 cm³/mol. The summed E-state index contributed by atoms with van der Waals surface area (Å²) in [6, 6.07) is 22.0. The van der Waals surface area contributed by atoms with E-state index < -0.39 is 66.7 Å². The van der Waals surface area contributed by atoms with Crippen molar-refractivity contribution in [3.8, 4) is 0 Å². The molecule has 2 saturated heterocycles. The maximum absolute atomic E-state index is 12.2. The molecule has 9 atom stereocenters. The third kappa shape index (κ3) is 12.8. The number of aliphatic hydroxyl groups excluding tert-OH is 1. The van der Waals surface area contributed by atoms with Crippen LogP contribution in [0.25, 0.3) is 0 Å². The highest BCUT2D eigenvalue weighted by Crippen LogP contribution is 2.43. The summed E-state index contributed by atoms with van der Waals surface area (Å²) in [5.41, 5.74) is 3.58. The van der Waals surface area contributed by atoms with Gasteiger partial charge in [0.25, 0.3) is 0 Å². The van der Waals surface area contributed by atoms with Crippen LogP contribution in [0.4, 0.5) is 0 Å². The second-order valence-corrected chi connectivity index (χ2v) is 16.0. The minimum Gasteiger partial charge on any atom is -0.478 e. The third-order valence-electron chi connectivity index (χ3n) is 9.85. The van der Waals surface area contributed by atoms with Gasteiger partial charge in [0.15, 0.2) is 24.6 Å². The highest BCUT2D eigenvalue weighted by Gasteiger charge is 2.52. The van der Waals surface area contributed by atoms with Crippen molar-refractivity contribution in [1.29, 1.82) is 0 Å². The fourth-order valence-corrected chi connectivity index (χ4v) is 8.22. The quantitative estimate of drug-likeness (QED) is 0.0715. The first-order chi connectivity index (χ1) is 28.6. The number of rotatable bonds is 16. The topological polar surface area (TPSA) is 202 Å². The Morgan fingerprint density at radius 2 is 1.27 bits per heavy atom. The molecule has 3 aromatic rings. The van der Waals surface area contributed by atoms with E-state index in [0.717, 1.165) is 41.0 Å². The van der Waals surface area contributed by atoms with E-state index in [2.05, 4.69) is 12.2 Å². The van der Waals surface area contributed by atoms with Crippen LogP contribution in [-0.4, -0.2) is 94.0 Å². The maximum atomic E-state index is 12.2. The predicted octanol–water partition coefficient (Wildman–Crippen LogP) is 5.39. The third-order valence-corrected chi connectivity index (χ3v) is 11.3. The summed E-state index contributed by atoms with van der Waals surface area (Å²) in [5.74, 6) is -3.22. The van der Waals surface area contributed by atoms with Crippen molar-refractivity contribution >= 4 is 58.8 Å². The summed E-state index contributed by atoms with van der Waals surface area (Å²) in [6.45, 7) is 6.65. The number of aliphatic hydroxyl groups is 1. The Bertz CT molecular complexity index is 1980. The van der Waals surface area contributed by atoms with E-state index in [0.29, 0.717) is 17.3 Å². The molecular formula is C43H49NO14S2. The van der Waals surface area contributed by atoms with Crippen LogP contribution in [0, 0.1) is 5.92 Å². The first-order valence-electron chi connectivity index (χ1n) is 19.2. The molecule has 15 nitrogen and oxygen atoms in total. The summed E-state index contributed by atoms with van der Waals surface area (Å²) in [5, 5.41) is 22.1. The summed E-state index contributed by atoms with van der Waals surface area (Å²) < 4.78 is 41.1. The molecule has 0 radical (unpaired) electrons. The van der Waals surface area contributed by atoms with E-state index in [1.807, 2.05) is 48.5 Å². The van der Waals surface area contributed by atoms with Gasteiger partial charge in [-0.05, 0) is 41.0 Å². The van der Waals surface area contributed by atoms with Crippen molar-refractivity contribution < 1.29 is 67.3 Å². The lowest BCUT2D eigenvalue weighted by molar-refractivity contribution is -0.268. The normalized spacial score (nSPS) is 25.0. The first-order valence-corrected chi connectivity index (χ1v) is 20.6. The van der Waals surface area contributed by atoms with Gasteiger partial charge in [-0.1, -0.05) is 67.7 Å². The van der Waals surface area contributed by atoms with Crippen molar-refractivity contribution in [3.05, 3.63) is 101 Å². The highest BCUT2D eigenvalue weighted by molar-refractivity contribution is 7.99. The summed E-state index contributed by atoms with van der Waals surface area (Å²) in [6.07, 6.45) is -7.13. The number of aromatic carboxylic acids is 1. The number of ether oxygens (including phenoxy) is 7. The molecule has 2 aliphatic heterocycles. The standard InChI is InChI=1S/C43H49NO14S2/c1-23-36(22-60-33-16-14-31(15-17-33)42(50)51)57-43(58-38(23)30-10-8-29(20-45)9-11-30)32-12-6-28(7-13-32)19-44-37(59)18-34-39(53-25(3)47)41(55-27(5)49)40(54-26(4)48)35(56-34)21-52-24(2)46/h6-17,23,34-36,38-41,43,45H,18-22H2,1-5H3,(H,44,59)(H,50,51). The molecule has 0 aliphatic carbocycles. The van der Waals surface area contributed by atoms with Gasteiger partial charge in [0.2, 0.25) is 0 Å². The second-order valence-electron chi connectivity index (χ2n) is 14.4. The molecule has 0 amide bonds. The molecule has 60 heavy (non-hydrogen) atoms. The van der Waals surface area contributed by atoms with E-state index in [4.69, 9.17) is 45.4 Å². The van der Waals surface area contributed by atoms with Gasteiger partial charge >= 0.3 is 29.8 Å². The molecule has 0 saturated carbocycles. The monoisotopic (exact) mass is 867 g/mol. The number of hydrogen-bond acceptors (Lipinski definition) is 15. The first kappa shape index (κ1) is 46.2. The summed E-state index contributed by atoms with van der Waals surface area (Å²) in [4.78, 5) is 60.8. The van der Waals surface area contributed by atoms with Crippen LogP contribution in [0.3, 0.4) is 0 Å². The molecular weight excluding hydrogens is 819 g/mol. The Labute approximate surface area is 357 Å². The van der Waals surface area contributed by atoms with Gasteiger partial charge in [-0.25, -0.2) is 4.79 Å². The van der Waals surface area contributed by atoms with Gasteiger partial charge in [0, 0.05) is 62.8 Å². The molecule has 0 aromatic heterocycles. The molecule has 322 valence electrons. The Kier molecular flexibility index (Phi) is 16.6. The van der Waals surface area contributed by atoms with Crippen molar-refractivity contribution in [2.24, 2.45) is 5.92 Å². The van der Waals surface area contributed by atoms with Crippen LogP contribution in [-0.2, 0) is 65.5 Å². The number of esters is 4. The largest absolute Gasteiger partial charge is 0.478 e. The van der Waals surface area contributed by atoms with E-state index in [1.165, 1.54) is 13.8 Å². The molecule has 0 bridgehead atoms. The van der Waals surface area contributed by atoms with E-state index in [9.17, 15) is 34.2 Å². The SMILES string of the molecule is CC(=O)OCC1OC(CC(=S)NCc2ccc(C3OC(CSc4ccc(C(=O)O)cc4)C(C)C(c4ccc(CO)cc4)O3)cc2)C(OC(C)=O)C(OC(C)=O)C1OC(C)=O. The highest BCUT2D eigenvalue weighted by atomic mass is 32.2. The lowest BCUT2D eigenvalue weighted by atomic mass is 9.91. The number of thiocarbonyl (C=S) groups is 1. The zero-order valence-electron chi connectivity index (χ0n) is 33.8. The number of hydrogen-bond donors (Lipinski definition) is 3. The van der Waals surface area contributed by atoms with Gasteiger partial charge in [0.1, 0.15) is 18.8 Å². The molecule has 2 aliphatic rings. The van der Waals surface area contributed by atoms with Gasteiger partial charge in [-0.3, -0.25) is 19.2 Å². The summed E-state index contributed by atoms with van der Waals surface area (Å²) in [7, 11) is 0. The number of thioether (sulfide) groups is 1. The maximum Gasteiger partial charge on any atom is 0.335 e. The van der Waals surface area contributed by atoms with E-state index in [1.54, 1.807) is 36.0 Å². The molecule has 17 heteroatoms. The average Bonchev–Trinajstić information content (AvgIpc) is 3.21. The van der Waals surface area contributed by atoms with Gasteiger partial charge in [0.05, 0.1) is 29.4 Å². The zero-order chi connectivity index (χ0) is 43.5. The Morgan fingerprint density at radius 3 is 1.83 bits per heavy atom. The van der Waals surface area contributed by atoms with Crippen LogP contribution in [0.15, 0.2) is 77.7 Å². The Hall–Kier alpha value is -4.91. The van der Waals surface area contributed by atoms with Crippen LogP contribution in [0.2, 0.25) is 0 Å². The number of nitrogens with one attached hydrogen (secondary N) is 1. The fourth-order valence-electron chi connectivity index (χ4n) is 6.91. The Balaban J connectivity index is 1.28. The van der Waals surface area contributed by atoms with Gasteiger partial charge in [-0.2, -0.15) is 0 Å².